The predicted molar refractivity (Wildman–Crippen MR) is 64.1 cm³/mol. The molecule has 0 saturated carbocycles. The SMILES string of the molecule is CC(C)(C)S(=O)N=C[C@@H]1CCCN1C(=O)O. The van der Waals surface area contributed by atoms with E-state index in [1.807, 2.05) is 20.8 Å². The van der Waals surface area contributed by atoms with E-state index in [-0.39, 0.29) is 6.04 Å². The lowest BCUT2D eigenvalue weighted by atomic mass is 10.2. The zero-order chi connectivity index (χ0) is 12.3. The van der Waals surface area contributed by atoms with Gasteiger partial charge in [0.1, 0.15) is 11.0 Å². The van der Waals surface area contributed by atoms with Crippen molar-refractivity contribution in [3.8, 4) is 0 Å². The molecule has 2 atom stereocenters. The summed E-state index contributed by atoms with van der Waals surface area (Å²) < 4.78 is 15.2. The van der Waals surface area contributed by atoms with E-state index in [2.05, 4.69) is 4.40 Å². The van der Waals surface area contributed by atoms with Gasteiger partial charge in [0.25, 0.3) is 0 Å². The number of carbonyl (C=O) groups is 1. The summed E-state index contributed by atoms with van der Waals surface area (Å²) in [7, 11) is -1.31. The fourth-order valence-corrected chi connectivity index (χ4v) is 2.04. The van der Waals surface area contributed by atoms with Gasteiger partial charge in [-0.15, -0.1) is 0 Å². The molecule has 1 fully saturated rings. The van der Waals surface area contributed by atoms with Crippen LogP contribution in [0.1, 0.15) is 33.6 Å². The Morgan fingerprint density at radius 1 is 1.56 bits per heavy atom. The summed E-state index contributed by atoms with van der Waals surface area (Å²) in [5, 5.41) is 8.90. The summed E-state index contributed by atoms with van der Waals surface area (Å²) >= 11 is 0. The molecule has 0 spiro atoms. The number of amides is 1. The monoisotopic (exact) mass is 246 g/mol. The molecule has 1 amide bonds. The van der Waals surface area contributed by atoms with Crippen molar-refractivity contribution in [3.05, 3.63) is 0 Å². The van der Waals surface area contributed by atoms with E-state index in [0.717, 1.165) is 12.8 Å². The van der Waals surface area contributed by atoms with Crippen LogP contribution in [0.25, 0.3) is 0 Å². The average Bonchev–Trinajstić information content (AvgIpc) is 2.60. The van der Waals surface area contributed by atoms with Gasteiger partial charge in [0.2, 0.25) is 0 Å². The summed E-state index contributed by atoms with van der Waals surface area (Å²) in [6.07, 6.45) is 2.18. The summed E-state index contributed by atoms with van der Waals surface area (Å²) in [4.78, 5) is 12.2. The Morgan fingerprint density at radius 2 is 2.19 bits per heavy atom. The maximum atomic E-state index is 11.6. The van der Waals surface area contributed by atoms with E-state index in [1.54, 1.807) is 0 Å². The van der Waals surface area contributed by atoms with Gasteiger partial charge in [-0.05, 0) is 33.6 Å². The van der Waals surface area contributed by atoms with E-state index in [0.29, 0.717) is 6.54 Å². The molecule has 0 aromatic carbocycles. The summed E-state index contributed by atoms with van der Waals surface area (Å²) in [6, 6.07) is -0.219. The fraction of sp³-hybridized carbons (Fsp3) is 0.800. The molecular weight excluding hydrogens is 228 g/mol. The van der Waals surface area contributed by atoms with Gasteiger partial charge in [-0.1, -0.05) is 0 Å². The third kappa shape index (κ3) is 3.30. The lowest BCUT2D eigenvalue weighted by Crippen LogP contribution is -2.35. The normalized spacial score (nSPS) is 23.9. The van der Waals surface area contributed by atoms with E-state index >= 15 is 0 Å². The van der Waals surface area contributed by atoms with Crippen LogP contribution in [-0.4, -0.2) is 43.9 Å². The zero-order valence-corrected chi connectivity index (χ0v) is 10.7. The van der Waals surface area contributed by atoms with Crippen LogP contribution < -0.4 is 0 Å². The minimum Gasteiger partial charge on any atom is -0.465 e. The molecule has 0 radical (unpaired) electrons. The molecule has 16 heavy (non-hydrogen) atoms. The van der Waals surface area contributed by atoms with E-state index in [1.165, 1.54) is 11.1 Å². The second-order valence-corrected chi connectivity index (χ2v) is 6.74. The Morgan fingerprint density at radius 3 is 2.69 bits per heavy atom. The number of hydrogen-bond acceptors (Lipinski definition) is 2. The molecule has 0 aromatic heterocycles. The largest absolute Gasteiger partial charge is 0.465 e. The molecule has 0 aliphatic carbocycles. The average molecular weight is 246 g/mol. The molecule has 1 rings (SSSR count). The first kappa shape index (κ1) is 13.2. The van der Waals surface area contributed by atoms with Gasteiger partial charge in [0, 0.05) is 12.8 Å². The van der Waals surface area contributed by atoms with Gasteiger partial charge >= 0.3 is 6.09 Å². The van der Waals surface area contributed by atoms with E-state index in [9.17, 15) is 9.00 Å². The lowest BCUT2D eigenvalue weighted by Gasteiger charge is -2.18. The molecule has 1 heterocycles. The highest BCUT2D eigenvalue weighted by Gasteiger charge is 2.27. The smallest absolute Gasteiger partial charge is 0.407 e. The second kappa shape index (κ2) is 4.95. The molecule has 1 unspecified atom stereocenters. The van der Waals surface area contributed by atoms with Crippen LogP contribution in [0.5, 0.6) is 0 Å². The highest BCUT2D eigenvalue weighted by atomic mass is 32.2. The van der Waals surface area contributed by atoms with E-state index < -0.39 is 21.8 Å². The molecule has 92 valence electrons. The second-order valence-electron chi connectivity index (χ2n) is 4.80. The summed E-state index contributed by atoms with van der Waals surface area (Å²) in [6.45, 7) is 6.05. The van der Waals surface area contributed by atoms with Crippen LogP contribution in [0.3, 0.4) is 0 Å². The van der Waals surface area contributed by atoms with Crippen LogP contribution in [0.2, 0.25) is 0 Å². The number of carboxylic acid groups (broad SMARTS) is 1. The molecule has 5 nitrogen and oxygen atoms in total. The fourth-order valence-electron chi connectivity index (χ4n) is 1.47. The number of likely N-dealkylation sites (tertiary alicyclic amines) is 1. The molecule has 1 saturated heterocycles. The lowest BCUT2D eigenvalue weighted by molar-refractivity contribution is 0.150. The van der Waals surface area contributed by atoms with Crippen molar-refractivity contribution in [1.82, 2.24) is 4.90 Å². The van der Waals surface area contributed by atoms with Crippen molar-refractivity contribution in [2.24, 2.45) is 4.40 Å². The van der Waals surface area contributed by atoms with Crippen molar-refractivity contribution < 1.29 is 14.1 Å². The molecule has 1 aliphatic heterocycles. The van der Waals surface area contributed by atoms with Crippen LogP contribution >= 0.6 is 0 Å². The number of rotatable bonds is 2. The van der Waals surface area contributed by atoms with Crippen LogP contribution in [0.4, 0.5) is 4.79 Å². The van der Waals surface area contributed by atoms with Gasteiger partial charge in [0.05, 0.1) is 10.8 Å². The Hall–Kier alpha value is -0.910. The first-order valence-electron chi connectivity index (χ1n) is 5.28. The Balaban J connectivity index is 2.63. The van der Waals surface area contributed by atoms with Crippen molar-refractivity contribution in [3.63, 3.8) is 0 Å². The standard InChI is InChI=1S/C10H18N2O3S/c1-10(2,3)16(15)11-7-8-5-4-6-12(8)9(13)14/h7-8H,4-6H2,1-3H3,(H,13,14)/t8-,16?/m0/s1. The maximum Gasteiger partial charge on any atom is 0.407 e. The Kier molecular flexibility index (Phi) is 4.07. The first-order valence-corrected chi connectivity index (χ1v) is 6.39. The van der Waals surface area contributed by atoms with Gasteiger partial charge < -0.3 is 10.0 Å². The maximum absolute atomic E-state index is 11.6. The molecular formula is C10H18N2O3S. The third-order valence-electron chi connectivity index (χ3n) is 2.40. The first-order chi connectivity index (χ1) is 7.32. The van der Waals surface area contributed by atoms with Crippen LogP contribution in [0, 0.1) is 0 Å². The minimum absolute atomic E-state index is 0.219. The third-order valence-corrected chi connectivity index (χ3v) is 3.76. The van der Waals surface area contributed by atoms with Crippen molar-refractivity contribution in [1.29, 1.82) is 0 Å². The van der Waals surface area contributed by atoms with Gasteiger partial charge in [0.15, 0.2) is 0 Å². The number of nitrogens with zero attached hydrogens (tertiary/aromatic N) is 2. The molecule has 0 aromatic rings. The minimum atomic E-state index is -1.31. The molecule has 6 heteroatoms. The van der Waals surface area contributed by atoms with Crippen LogP contribution in [0.15, 0.2) is 4.40 Å². The Bertz CT molecular complexity index is 323. The summed E-state index contributed by atoms with van der Waals surface area (Å²) in [5.74, 6) is 0. The van der Waals surface area contributed by atoms with Gasteiger partial charge in [-0.3, -0.25) is 0 Å². The topological polar surface area (TPSA) is 70.0 Å². The van der Waals surface area contributed by atoms with Crippen LogP contribution in [-0.2, 0) is 11.0 Å². The highest BCUT2D eigenvalue weighted by molar-refractivity contribution is 7.85. The van der Waals surface area contributed by atoms with Crippen molar-refractivity contribution in [2.45, 2.75) is 44.4 Å². The zero-order valence-electron chi connectivity index (χ0n) is 9.84. The number of hydrogen-bond donors (Lipinski definition) is 1. The Labute approximate surface area is 98.1 Å². The van der Waals surface area contributed by atoms with E-state index in [4.69, 9.17) is 5.11 Å². The quantitative estimate of drug-likeness (QED) is 0.753. The highest BCUT2D eigenvalue weighted by Crippen LogP contribution is 2.17. The van der Waals surface area contributed by atoms with Gasteiger partial charge in [-0.2, -0.15) is 4.40 Å². The molecule has 1 aliphatic rings. The van der Waals surface area contributed by atoms with Crippen molar-refractivity contribution >= 4 is 23.3 Å². The van der Waals surface area contributed by atoms with Gasteiger partial charge in [-0.25, -0.2) is 9.00 Å². The molecule has 1 N–H and O–H groups in total. The summed E-state index contributed by atoms with van der Waals surface area (Å²) in [5.41, 5.74) is 0. The predicted octanol–water partition coefficient (Wildman–Crippen LogP) is 1.66. The molecule has 0 bridgehead atoms. The van der Waals surface area contributed by atoms with Crippen molar-refractivity contribution in [2.75, 3.05) is 6.54 Å².